The van der Waals surface area contributed by atoms with Crippen LogP contribution in [0.15, 0.2) is 29.3 Å². The fourth-order valence-electron chi connectivity index (χ4n) is 2.26. The van der Waals surface area contributed by atoms with Gasteiger partial charge in [-0.15, -0.1) is 0 Å². The predicted molar refractivity (Wildman–Crippen MR) is 82.9 cm³/mol. The van der Waals surface area contributed by atoms with E-state index in [-0.39, 0.29) is 18.3 Å². The van der Waals surface area contributed by atoms with Crippen molar-refractivity contribution in [2.24, 2.45) is 0 Å². The van der Waals surface area contributed by atoms with Crippen LogP contribution in [0.5, 0.6) is 11.5 Å². The highest BCUT2D eigenvalue weighted by atomic mass is 16.7. The molecule has 1 aliphatic heterocycles. The molecule has 0 aliphatic carbocycles. The fourth-order valence-corrected chi connectivity index (χ4v) is 2.26. The van der Waals surface area contributed by atoms with Crippen LogP contribution in [0.25, 0.3) is 0 Å². The number of rotatable bonds is 4. The Morgan fingerprint density at radius 1 is 1.30 bits per heavy atom. The molecule has 0 saturated carbocycles. The molecule has 1 aromatic carbocycles. The average Bonchev–Trinajstić information content (AvgIpc) is 3.02. The van der Waals surface area contributed by atoms with E-state index in [0.717, 1.165) is 5.69 Å². The van der Waals surface area contributed by atoms with Gasteiger partial charge in [0.1, 0.15) is 0 Å². The lowest BCUT2D eigenvalue weighted by Crippen LogP contribution is -2.32. The molecule has 120 valence electrons. The van der Waals surface area contributed by atoms with Crippen molar-refractivity contribution in [1.29, 1.82) is 0 Å². The Morgan fingerprint density at radius 3 is 2.91 bits per heavy atom. The highest BCUT2D eigenvalue weighted by molar-refractivity contribution is 5.94. The van der Waals surface area contributed by atoms with Gasteiger partial charge in [0.15, 0.2) is 11.5 Å². The Kier molecular flexibility index (Phi) is 4.01. The number of benzene rings is 1. The number of nitrogens with zero attached hydrogens (tertiary/aromatic N) is 2. The minimum atomic E-state index is -0.229. The molecule has 2 aromatic rings. The molecule has 23 heavy (non-hydrogen) atoms. The smallest absolute Gasteiger partial charge is 0.256 e. The molecule has 1 aromatic heterocycles. The van der Waals surface area contributed by atoms with E-state index < -0.39 is 0 Å². The van der Waals surface area contributed by atoms with Gasteiger partial charge in [0.05, 0.1) is 6.33 Å². The molecular formula is C16H17N3O4. The molecule has 0 unspecified atom stereocenters. The lowest BCUT2D eigenvalue weighted by atomic mass is 10.2. The molecule has 7 heteroatoms. The fraction of sp³-hybridized carbons (Fsp3) is 0.312. The number of carbonyl (C=O) groups is 1. The van der Waals surface area contributed by atoms with Gasteiger partial charge in [0.2, 0.25) is 6.79 Å². The van der Waals surface area contributed by atoms with E-state index in [1.807, 2.05) is 0 Å². The Labute approximate surface area is 132 Å². The van der Waals surface area contributed by atoms with Gasteiger partial charge < -0.3 is 14.8 Å². The van der Waals surface area contributed by atoms with Crippen LogP contribution in [0.3, 0.4) is 0 Å². The largest absolute Gasteiger partial charge is 0.454 e. The van der Waals surface area contributed by atoms with Gasteiger partial charge in [-0.25, -0.2) is 4.98 Å². The highest BCUT2D eigenvalue weighted by Crippen LogP contribution is 2.32. The molecule has 1 aliphatic rings. The van der Waals surface area contributed by atoms with Crippen molar-refractivity contribution in [2.45, 2.75) is 20.4 Å². The number of nitrogens with one attached hydrogen (secondary N) is 1. The molecule has 0 atom stereocenters. The SMILES string of the molecule is Cc1ncn(CCNC(=O)c2ccc3c(c2)OCO3)c(=O)c1C. The minimum absolute atomic E-state index is 0.0881. The zero-order valence-corrected chi connectivity index (χ0v) is 13.0. The molecule has 1 amide bonds. The van der Waals surface area contributed by atoms with Crippen LogP contribution in [-0.2, 0) is 6.54 Å². The first-order chi connectivity index (χ1) is 11.1. The lowest BCUT2D eigenvalue weighted by molar-refractivity contribution is 0.0951. The third-order valence-electron chi connectivity index (χ3n) is 3.79. The van der Waals surface area contributed by atoms with E-state index in [9.17, 15) is 9.59 Å². The summed E-state index contributed by atoms with van der Waals surface area (Å²) in [6.07, 6.45) is 1.50. The zero-order valence-electron chi connectivity index (χ0n) is 13.0. The summed E-state index contributed by atoms with van der Waals surface area (Å²) in [5.74, 6) is 0.967. The van der Waals surface area contributed by atoms with Crippen molar-refractivity contribution >= 4 is 5.91 Å². The second-order valence-corrected chi connectivity index (χ2v) is 5.28. The van der Waals surface area contributed by atoms with Gasteiger partial charge in [-0.2, -0.15) is 0 Å². The third kappa shape index (κ3) is 3.03. The minimum Gasteiger partial charge on any atom is -0.454 e. The Balaban J connectivity index is 1.62. The molecule has 2 heterocycles. The van der Waals surface area contributed by atoms with Crippen molar-refractivity contribution in [3.05, 3.63) is 51.7 Å². The van der Waals surface area contributed by atoms with E-state index in [1.54, 1.807) is 32.0 Å². The quantitative estimate of drug-likeness (QED) is 0.911. The van der Waals surface area contributed by atoms with E-state index in [0.29, 0.717) is 35.7 Å². The maximum Gasteiger partial charge on any atom is 0.256 e. The second kappa shape index (κ2) is 6.12. The molecule has 3 rings (SSSR count). The van der Waals surface area contributed by atoms with Crippen molar-refractivity contribution in [3.63, 3.8) is 0 Å². The number of amides is 1. The first-order valence-corrected chi connectivity index (χ1v) is 7.27. The number of carbonyl (C=O) groups excluding carboxylic acids is 1. The van der Waals surface area contributed by atoms with Crippen LogP contribution in [0.4, 0.5) is 0 Å². The first-order valence-electron chi connectivity index (χ1n) is 7.27. The van der Waals surface area contributed by atoms with Crippen molar-refractivity contribution < 1.29 is 14.3 Å². The summed E-state index contributed by atoms with van der Waals surface area (Å²) in [7, 11) is 0. The Morgan fingerprint density at radius 2 is 2.09 bits per heavy atom. The monoisotopic (exact) mass is 315 g/mol. The summed E-state index contributed by atoms with van der Waals surface area (Å²) in [6, 6.07) is 5.02. The number of aromatic nitrogens is 2. The number of ether oxygens (including phenoxy) is 2. The zero-order chi connectivity index (χ0) is 16.4. The summed E-state index contributed by atoms with van der Waals surface area (Å²) < 4.78 is 11.9. The molecular weight excluding hydrogens is 298 g/mol. The van der Waals surface area contributed by atoms with Gasteiger partial charge in [-0.05, 0) is 32.0 Å². The number of hydrogen-bond donors (Lipinski definition) is 1. The van der Waals surface area contributed by atoms with Gasteiger partial charge in [0, 0.05) is 29.9 Å². The highest BCUT2D eigenvalue weighted by Gasteiger charge is 2.16. The molecule has 0 bridgehead atoms. The van der Waals surface area contributed by atoms with E-state index in [1.165, 1.54) is 10.9 Å². The molecule has 7 nitrogen and oxygen atoms in total. The summed E-state index contributed by atoms with van der Waals surface area (Å²) >= 11 is 0. The average molecular weight is 315 g/mol. The standard InChI is InChI=1S/C16H17N3O4/c1-10-11(2)18-8-19(16(10)21)6-5-17-15(20)12-3-4-13-14(7-12)23-9-22-13/h3-4,7-8H,5-6,9H2,1-2H3,(H,17,20). The van der Waals surface area contributed by atoms with Crippen LogP contribution in [-0.4, -0.2) is 28.8 Å². The van der Waals surface area contributed by atoms with Crippen LogP contribution >= 0.6 is 0 Å². The summed E-state index contributed by atoms with van der Waals surface area (Å²) in [5.41, 5.74) is 1.74. The molecule has 0 saturated heterocycles. The number of fused-ring (bicyclic) bond motifs is 1. The maximum atomic E-state index is 12.1. The van der Waals surface area contributed by atoms with Crippen molar-refractivity contribution in [3.8, 4) is 11.5 Å². The van der Waals surface area contributed by atoms with Crippen molar-refractivity contribution in [1.82, 2.24) is 14.9 Å². The van der Waals surface area contributed by atoms with Crippen LogP contribution in [0.2, 0.25) is 0 Å². The lowest BCUT2D eigenvalue weighted by Gasteiger charge is -2.09. The van der Waals surface area contributed by atoms with E-state index in [4.69, 9.17) is 9.47 Å². The predicted octanol–water partition coefficient (Wildman–Crippen LogP) is 1.02. The molecule has 1 N–H and O–H groups in total. The number of hydrogen-bond acceptors (Lipinski definition) is 5. The molecule has 0 radical (unpaired) electrons. The van der Waals surface area contributed by atoms with Gasteiger partial charge in [0.25, 0.3) is 11.5 Å². The van der Waals surface area contributed by atoms with E-state index >= 15 is 0 Å². The Bertz CT molecular complexity index is 813. The third-order valence-corrected chi connectivity index (χ3v) is 3.79. The van der Waals surface area contributed by atoms with Crippen LogP contribution in [0.1, 0.15) is 21.6 Å². The topological polar surface area (TPSA) is 82.5 Å². The normalized spacial score (nSPS) is 12.3. The molecule has 0 spiro atoms. The van der Waals surface area contributed by atoms with Gasteiger partial charge in [-0.3, -0.25) is 14.2 Å². The van der Waals surface area contributed by atoms with Gasteiger partial charge >= 0.3 is 0 Å². The second-order valence-electron chi connectivity index (χ2n) is 5.28. The summed E-state index contributed by atoms with van der Waals surface area (Å²) in [4.78, 5) is 28.3. The summed E-state index contributed by atoms with van der Waals surface area (Å²) in [5, 5.41) is 2.78. The number of aryl methyl sites for hydroxylation is 1. The van der Waals surface area contributed by atoms with Gasteiger partial charge in [-0.1, -0.05) is 0 Å². The van der Waals surface area contributed by atoms with Crippen molar-refractivity contribution in [2.75, 3.05) is 13.3 Å². The molecule has 0 fully saturated rings. The Hall–Kier alpha value is -2.83. The first kappa shape index (κ1) is 15.1. The van der Waals surface area contributed by atoms with Crippen LogP contribution in [0, 0.1) is 13.8 Å². The van der Waals surface area contributed by atoms with E-state index in [2.05, 4.69) is 10.3 Å². The summed E-state index contributed by atoms with van der Waals surface area (Å²) in [6.45, 7) is 4.40. The van der Waals surface area contributed by atoms with Crippen LogP contribution < -0.4 is 20.3 Å². The maximum absolute atomic E-state index is 12.1.